The molecule has 0 saturated carbocycles. The molecular weight excluding hydrogens is 428 g/mol. The van der Waals surface area contributed by atoms with Crippen LogP contribution in [-0.4, -0.2) is 74.1 Å². The first-order chi connectivity index (χ1) is 15.1. The third-order valence-corrected chi connectivity index (χ3v) is 6.66. The molecule has 2 N–H and O–H groups in total. The Morgan fingerprint density at radius 3 is 1.81 bits per heavy atom. The number of aliphatic hydroxyl groups is 1. The second-order valence-corrected chi connectivity index (χ2v) is 11.4. The summed E-state index contributed by atoms with van der Waals surface area (Å²) in [5, 5.41) is 12.7. The largest absolute Gasteiger partial charge is 0.748 e. The lowest BCUT2D eigenvalue weighted by Crippen LogP contribution is -2.48. The highest BCUT2D eigenvalue weighted by Gasteiger charge is 2.21. The van der Waals surface area contributed by atoms with Gasteiger partial charge in [0.25, 0.3) is 0 Å². The highest BCUT2D eigenvalue weighted by molar-refractivity contribution is 7.85. The predicted octanol–water partition coefficient (Wildman–Crippen LogP) is 3.96. The summed E-state index contributed by atoms with van der Waals surface area (Å²) in [4.78, 5) is 11.9. The molecule has 0 rings (SSSR count). The van der Waals surface area contributed by atoms with Gasteiger partial charge in [-0.25, -0.2) is 8.42 Å². The molecule has 1 atom stereocenters. The number of carbonyl (C=O) groups excluding carboxylic acids is 1. The van der Waals surface area contributed by atoms with E-state index in [9.17, 15) is 22.9 Å². The molecule has 0 aromatic carbocycles. The van der Waals surface area contributed by atoms with E-state index in [4.69, 9.17) is 0 Å². The lowest BCUT2D eigenvalue weighted by Gasteiger charge is -2.32. The van der Waals surface area contributed by atoms with Crippen LogP contribution in [0.5, 0.6) is 0 Å². The Hall–Kier alpha value is -0.700. The number of nitrogens with zero attached hydrogens (tertiary/aromatic N) is 1. The Labute approximate surface area is 197 Å². The molecule has 0 aromatic rings. The van der Waals surface area contributed by atoms with Gasteiger partial charge in [-0.05, 0) is 6.42 Å². The summed E-state index contributed by atoms with van der Waals surface area (Å²) in [7, 11) is -0.681. The first-order valence-corrected chi connectivity index (χ1v) is 14.3. The van der Waals surface area contributed by atoms with Crippen LogP contribution in [0.3, 0.4) is 0 Å². The van der Waals surface area contributed by atoms with Gasteiger partial charge < -0.3 is 19.5 Å². The first-order valence-electron chi connectivity index (χ1n) is 12.8. The third kappa shape index (κ3) is 22.5. The molecule has 192 valence electrons. The number of aliphatic hydroxyl groups excluding tert-OH is 1. The van der Waals surface area contributed by atoms with Crippen molar-refractivity contribution in [1.29, 1.82) is 0 Å². The molecule has 0 heterocycles. The van der Waals surface area contributed by atoms with E-state index in [0.717, 1.165) is 19.3 Å². The van der Waals surface area contributed by atoms with E-state index < -0.39 is 22.0 Å². The Morgan fingerprint density at radius 1 is 0.875 bits per heavy atom. The molecule has 7 nitrogen and oxygen atoms in total. The van der Waals surface area contributed by atoms with Gasteiger partial charge in [-0.2, -0.15) is 0 Å². The SMILES string of the molecule is CCCCCCCCCCCCCCCC(=O)NCCC[N+](C)(C)CC(O)CS(=O)(=O)[O-]. The Balaban J connectivity index is 3.55. The molecule has 8 heteroatoms. The fourth-order valence-electron chi connectivity index (χ4n) is 4.08. The highest BCUT2D eigenvalue weighted by atomic mass is 32.2. The third-order valence-electron chi connectivity index (χ3n) is 5.87. The quantitative estimate of drug-likeness (QED) is 0.139. The van der Waals surface area contributed by atoms with E-state index in [1.807, 2.05) is 14.1 Å². The summed E-state index contributed by atoms with van der Waals surface area (Å²) in [6, 6.07) is 0. The maximum Gasteiger partial charge on any atom is 0.219 e. The molecule has 32 heavy (non-hydrogen) atoms. The number of hydrogen-bond donors (Lipinski definition) is 2. The van der Waals surface area contributed by atoms with Gasteiger partial charge in [0.2, 0.25) is 5.91 Å². The highest BCUT2D eigenvalue weighted by Crippen LogP contribution is 2.13. The fourth-order valence-corrected chi connectivity index (χ4v) is 4.65. The Morgan fingerprint density at radius 2 is 1.34 bits per heavy atom. The number of nitrogens with one attached hydrogen (secondary N) is 1. The monoisotopic (exact) mass is 478 g/mol. The van der Waals surface area contributed by atoms with Gasteiger partial charge >= 0.3 is 0 Å². The molecule has 0 aliphatic carbocycles. The molecule has 0 saturated heterocycles. The lowest BCUT2D eigenvalue weighted by atomic mass is 10.0. The summed E-state index contributed by atoms with van der Waals surface area (Å²) in [5.41, 5.74) is 0. The number of hydrogen-bond acceptors (Lipinski definition) is 5. The van der Waals surface area contributed by atoms with Crippen LogP contribution in [0.15, 0.2) is 0 Å². The molecular formula is C24H50N2O5S. The maximum atomic E-state index is 11.9. The van der Waals surface area contributed by atoms with Crippen molar-refractivity contribution < 1.29 is 27.4 Å². The summed E-state index contributed by atoms with van der Waals surface area (Å²) in [6.07, 6.45) is 16.9. The summed E-state index contributed by atoms with van der Waals surface area (Å²) in [5.74, 6) is -0.680. The second-order valence-electron chi connectivity index (χ2n) is 9.92. The zero-order valence-electron chi connectivity index (χ0n) is 20.9. The van der Waals surface area contributed by atoms with Crippen molar-refractivity contribution in [2.24, 2.45) is 0 Å². The van der Waals surface area contributed by atoms with Crippen LogP contribution >= 0.6 is 0 Å². The van der Waals surface area contributed by atoms with Crippen molar-refractivity contribution in [1.82, 2.24) is 5.32 Å². The van der Waals surface area contributed by atoms with Gasteiger partial charge in [-0.15, -0.1) is 0 Å². The number of unbranched alkanes of at least 4 members (excludes halogenated alkanes) is 12. The molecule has 0 bridgehead atoms. The van der Waals surface area contributed by atoms with Crippen molar-refractivity contribution in [3.8, 4) is 0 Å². The summed E-state index contributed by atoms with van der Waals surface area (Å²) < 4.78 is 32.6. The lowest BCUT2D eigenvalue weighted by molar-refractivity contribution is -0.893. The van der Waals surface area contributed by atoms with E-state index in [2.05, 4.69) is 12.2 Å². The van der Waals surface area contributed by atoms with Gasteiger partial charge in [-0.1, -0.05) is 84.0 Å². The van der Waals surface area contributed by atoms with Crippen LogP contribution in [0.2, 0.25) is 0 Å². The Bertz CT molecular complexity index is 567. The average Bonchev–Trinajstić information content (AvgIpc) is 2.67. The molecule has 1 unspecified atom stereocenters. The van der Waals surface area contributed by atoms with E-state index in [1.54, 1.807) is 0 Å². The number of likely N-dealkylation sites (N-methyl/N-ethyl adjacent to an activating group) is 1. The van der Waals surface area contributed by atoms with Crippen LogP contribution in [0, 0.1) is 0 Å². The van der Waals surface area contributed by atoms with Crippen LogP contribution in [-0.2, 0) is 14.9 Å². The molecule has 0 aliphatic rings. The molecule has 0 aliphatic heterocycles. The van der Waals surface area contributed by atoms with Gasteiger partial charge in [0, 0.05) is 19.4 Å². The minimum absolute atomic E-state index is 0.0795. The van der Waals surface area contributed by atoms with Crippen molar-refractivity contribution in [3.63, 3.8) is 0 Å². The Kier molecular flexibility index (Phi) is 18.3. The van der Waals surface area contributed by atoms with E-state index in [-0.39, 0.29) is 12.5 Å². The minimum atomic E-state index is -4.42. The van der Waals surface area contributed by atoms with E-state index in [0.29, 0.717) is 24.0 Å². The second kappa shape index (κ2) is 18.7. The van der Waals surface area contributed by atoms with Crippen molar-refractivity contribution >= 4 is 16.0 Å². The molecule has 0 radical (unpaired) electrons. The summed E-state index contributed by atoms with van der Waals surface area (Å²) in [6.45, 7) is 3.68. The molecule has 0 spiro atoms. The topological polar surface area (TPSA) is 107 Å². The van der Waals surface area contributed by atoms with Crippen LogP contribution in [0.25, 0.3) is 0 Å². The van der Waals surface area contributed by atoms with Gasteiger partial charge in [-0.3, -0.25) is 4.79 Å². The summed E-state index contributed by atoms with van der Waals surface area (Å²) >= 11 is 0. The van der Waals surface area contributed by atoms with E-state index >= 15 is 0 Å². The smallest absolute Gasteiger partial charge is 0.219 e. The van der Waals surface area contributed by atoms with Crippen molar-refractivity contribution in [3.05, 3.63) is 0 Å². The van der Waals surface area contributed by atoms with Gasteiger partial charge in [0.15, 0.2) is 0 Å². The van der Waals surface area contributed by atoms with Gasteiger partial charge in [0.05, 0.1) is 36.5 Å². The molecule has 0 fully saturated rings. The number of amides is 1. The molecule has 1 amide bonds. The van der Waals surface area contributed by atoms with Crippen molar-refractivity contribution in [2.45, 2.75) is 109 Å². The predicted molar refractivity (Wildman–Crippen MR) is 130 cm³/mol. The number of quaternary nitrogens is 1. The van der Waals surface area contributed by atoms with E-state index in [1.165, 1.54) is 70.6 Å². The number of carbonyl (C=O) groups is 1. The fraction of sp³-hybridized carbons (Fsp3) is 0.958. The van der Waals surface area contributed by atoms with Crippen LogP contribution in [0.4, 0.5) is 0 Å². The minimum Gasteiger partial charge on any atom is -0.748 e. The number of rotatable bonds is 22. The average molecular weight is 479 g/mol. The molecule has 0 aromatic heterocycles. The normalized spacial score (nSPS) is 13.3. The first kappa shape index (κ1) is 31.3. The van der Waals surface area contributed by atoms with Gasteiger partial charge in [0.1, 0.15) is 12.6 Å². The van der Waals surface area contributed by atoms with Crippen molar-refractivity contribution in [2.75, 3.05) is 39.5 Å². The maximum absolute atomic E-state index is 11.9. The standard InChI is InChI=1S/C24H50N2O5S/c1-4-5-6-7-8-9-10-11-12-13-14-15-16-18-24(28)25-19-17-20-26(2,3)21-23(27)22-32(29,30)31/h23,27H,4-22H2,1-3H3,(H-,25,28,29,30,31). The van der Waals surface area contributed by atoms with Crippen LogP contribution < -0.4 is 5.32 Å². The van der Waals surface area contributed by atoms with Crippen LogP contribution in [0.1, 0.15) is 103 Å². The zero-order chi connectivity index (χ0) is 24.3. The zero-order valence-corrected chi connectivity index (χ0v) is 21.8.